The molecule has 2 aromatic carbocycles. The Hall–Kier alpha value is -2.27. The molecule has 124 valence electrons. The molecule has 0 saturated carbocycles. The molecule has 1 atom stereocenters. The van der Waals surface area contributed by atoms with E-state index < -0.39 is 0 Å². The van der Waals surface area contributed by atoms with Crippen LogP contribution in [0.1, 0.15) is 29.1 Å². The lowest BCUT2D eigenvalue weighted by Gasteiger charge is -2.11. The molecule has 1 heterocycles. The number of rotatable bonds is 5. The Morgan fingerprint density at radius 3 is 2.83 bits per heavy atom. The molecule has 0 aliphatic carbocycles. The number of amides is 1. The number of hydrogen-bond acceptors (Lipinski definition) is 3. The number of carbonyl (C=O) groups is 1. The fourth-order valence-electron chi connectivity index (χ4n) is 2.50. The molecule has 24 heavy (non-hydrogen) atoms. The van der Waals surface area contributed by atoms with Crippen molar-refractivity contribution in [3.05, 3.63) is 59.4 Å². The lowest BCUT2D eigenvalue weighted by atomic mass is 10.1. The summed E-state index contributed by atoms with van der Waals surface area (Å²) in [5.41, 5.74) is 5.08. The summed E-state index contributed by atoms with van der Waals surface area (Å²) in [4.78, 5) is 20.1. The van der Waals surface area contributed by atoms with E-state index in [2.05, 4.69) is 22.2 Å². The number of nitrogens with zero attached hydrogens (tertiary/aromatic N) is 1. The van der Waals surface area contributed by atoms with Crippen LogP contribution in [-0.2, 0) is 4.79 Å². The van der Waals surface area contributed by atoms with Gasteiger partial charge in [0.05, 0.1) is 22.0 Å². The fourth-order valence-corrected chi connectivity index (χ4v) is 3.24. The van der Waals surface area contributed by atoms with E-state index in [1.165, 1.54) is 0 Å². The number of aromatic amines is 1. The Morgan fingerprint density at radius 2 is 2.04 bits per heavy atom. The minimum atomic E-state index is 0.0108. The van der Waals surface area contributed by atoms with Crippen LogP contribution >= 0.6 is 11.8 Å². The second kappa shape index (κ2) is 7.09. The number of fused-ring (bicyclic) bond motifs is 1. The highest BCUT2D eigenvalue weighted by Crippen LogP contribution is 2.28. The highest BCUT2D eigenvalue weighted by molar-refractivity contribution is 8.00. The first-order valence-electron chi connectivity index (χ1n) is 7.96. The molecule has 0 radical (unpaired) electrons. The van der Waals surface area contributed by atoms with E-state index in [4.69, 9.17) is 0 Å². The van der Waals surface area contributed by atoms with Crippen LogP contribution in [0.4, 0.5) is 5.69 Å². The Balaban J connectivity index is 1.60. The Kier molecular flexibility index (Phi) is 4.90. The minimum absolute atomic E-state index is 0.0108. The minimum Gasteiger partial charge on any atom is -0.341 e. The maximum absolute atomic E-state index is 12.2. The topological polar surface area (TPSA) is 57.8 Å². The molecule has 0 saturated heterocycles. The monoisotopic (exact) mass is 339 g/mol. The number of aromatic nitrogens is 2. The van der Waals surface area contributed by atoms with E-state index in [-0.39, 0.29) is 11.2 Å². The summed E-state index contributed by atoms with van der Waals surface area (Å²) in [6.07, 6.45) is 0. The second-order valence-electron chi connectivity index (χ2n) is 5.96. The van der Waals surface area contributed by atoms with Gasteiger partial charge in [-0.3, -0.25) is 4.79 Å². The summed E-state index contributed by atoms with van der Waals surface area (Å²) in [5, 5.41) is 3.12. The largest absolute Gasteiger partial charge is 0.341 e. The molecule has 3 aromatic rings. The van der Waals surface area contributed by atoms with Gasteiger partial charge in [-0.2, -0.15) is 0 Å². The van der Waals surface area contributed by atoms with Crippen molar-refractivity contribution >= 4 is 34.4 Å². The summed E-state index contributed by atoms with van der Waals surface area (Å²) < 4.78 is 0. The van der Waals surface area contributed by atoms with E-state index in [1.807, 2.05) is 56.3 Å². The van der Waals surface area contributed by atoms with Crippen molar-refractivity contribution in [1.29, 1.82) is 0 Å². The summed E-state index contributed by atoms with van der Waals surface area (Å²) in [6.45, 7) is 6.08. The van der Waals surface area contributed by atoms with Crippen LogP contribution in [-0.4, -0.2) is 21.6 Å². The number of nitrogens with one attached hydrogen (secondary N) is 2. The van der Waals surface area contributed by atoms with Gasteiger partial charge in [-0.25, -0.2) is 4.98 Å². The van der Waals surface area contributed by atoms with E-state index in [9.17, 15) is 4.79 Å². The van der Waals surface area contributed by atoms with Crippen LogP contribution in [0, 0.1) is 13.8 Å². The molecule has 5 heteroatoms. The lowest BCUT2D eigenvalue weighted by molar-refractivity contribution is -0.113. The predicted molar refractivity (Wildman–Crippen MR) is 102 cm³/mol. The molecule has 0 aliphatic heterocycles. The summed E-state index contributed by atoms with van der Waals surface area (Å²) in [5.74, 6) is 1.31. The van der Waals surface area contributed by atoms with Crippen molar-refractivity contribution in [3.8, 4) is 0 Å². The Labute approximate surface area is 146 Å². The first-order chi connectivity index (χ1) is 11.5. The Morgan fingerprint density at radius 1 is 1.25 bits per heavy atom. The molecule has 0 bridgehead atoms. The lowest BCUT2D eigenvalue weighted by Crippen LogP contribution is -2.15. The molecule has 0 spiro atoms. The van der Waals surface area contributed by atoms with Crippen molar-refractivity contribution in [2.75, 3.05) is 11.1 Å². The highest BCUT2D eigenvalue weighted by atomic mass is 32.2. The molecular weight excluding hydrogens is 318 g/mol. The third-order valence-corrected chi connectivity index (χ3v) is 5.08. The standard InChI is InChI=1S/C19H21N3OS/c1-12-8-9-13(2)17(10-12)20-18(23)11-24-14(3)19-21-15-6-4-5-7-16(15)22-19/h4-10,14H,11H2,1-3H3,(H,20,23)(H,21,22)/t14-/m0/s1. The van der Waals surface area contributed by atoms with Gasteiger partial charge in [-0.15, -0.1) is 11.8 Å². The average molecular weight is 339 g/mol. The zero-order valence-corrected chi connectivity index (χ0v) is 14.9. The third kappa shape index (κ3) is 3.79. The molecule has 1 aromatic heterocycles. The zero-order chi connectivity index (χ0) is 17.1. The third-order valence-electron chi connectivity index (χ3n) is 3.92. The first kappa shape index (κ1) is 16.6. The number of hydrogen-bond donors (Lipinski definition) is 2. The van der Waals surface area contributed by atoms with Crippen molar-refractivity contribution in [1.82, 2.24) is 9.97 Å². The number of benzene rings is 2. The summed E-state index contributed by atoms with van der Waals surface area (Å²) in [7, 11) is 0. The number of imidazole rings is 1. The number of carbonyl (C=O) groups excluding carboxylic acids is 1. The molecule has 1 amide bonds. The van der Waals surface area contributed by atoms with Crippen molar-refractivity contribution < 1.29 is 4.79 Å². The Bertz CT molecular complexity index is 839. The van der Waals surface area contributed by atoms with Gasteiger partial charge >= 0.3 is 0 Å². The van der Waals surface area contributed by atoms with Gasteiger partial charge in [0.25, 0.3) is 0 Å². The van der Waals surface area contributed by atoms with Crippen molar-refractivity contribution in [3.63, 3.8) is 0 Å². The first-order valence-corrected chi connectivity index (χ1v) is 9.01. The predicted octanol–water partition coefficient (Wildman–Crippen LogP) is 4.61. The number of thioether (sulfide) groups is 1. The summed E-state index contributed by atoms with van der Waals surface area (Å²) >= 11 is 1.58. The van der Waals surface area contributed by atoms with Gasteiger partial charge in [-0.1, -0.05) is 24.3 Å². The molecule has 0 unspecified atom stereocenters. The number of anilines is 1. The quantitative estimate of drug-likeness (QED) is 0.713. The van der Waals surface area contributed by atoms with Gasteiger partial charge < -0.3 is 10.3 Å². The number of aryl methyl sites for hydroxylation is 2. The van der Waals surface area contributed by atoms with Gasteiger partial charge in [0.2, 0.25) is 5.91 Å². The molecule has 0 fully saturated rings. The van der Waals surface area contributed by atoms with Crippen LogP contribution in [0.5, 0.6) is 0 Å². The molecule has 3 rings (SSSR count). The van der Waals surface area contributed by atoms with Gasteiger partial charge in [-0.05, 0) is 50.1 Å². The van der Waals surface area contributed by atoms with Crippen LogP contribution in [0.25, 0.3) is 11.0 Å². The van der Waals surface area contributed by atoms with Crippen LogP contribution in [0.2, 0.25) is 0 Å². The molecule has 2 N–H and O–H groups in total. The van der Waals surface area contributed by atoms with E-state index in [1.54, 1.807) is 11.8 Å². The second-order valence-corrected chi connectivity index (χ2v) is 7.29. The maximum atomic E-state index is 12.2. The van der Waals surface area contributed by atoms with Crippen molar-refractivity contribution in [2.24, 2.45) is 0 Å². The van der Waals surface area contributed by atoms with Crippen molar-refractivity contribution in [2.45, 2.75) is 26.0 Å². The SMILES string of the molecule is Cc1ccc(C)c(NC(=O)CS[C@@H](C)c2nc3ccccc3[nH]2)c1. The van der Waals surface area contributed by atoms with E-state index in [0.29, 0.717) is 5.75 Å². The van der Waals surface area contributed by atoms with E-state index >= 15 is 0 Å². The fraction of sp³-hybridized carbons (Fsp3) is 0.263. The number of para-hydroxylation sites is 2. The maximum Gasteiger partial charge on any atom is 0.234 e. The average Bonchev–Trinajstić information content (AvgIpc) is 3.00. The molecular formula is C19H21N3OS. The van der Waals surface area contributed by atoms with Crippen LogP contribution < -0.4 is 5.32 Å². The van der Waals surface area contributed by atoms with Crippen LogP contribution in [0.3, 0.4) is 0 Å². The smallest absolute Gasteiger partial charge is 0.234 e. The van der Waals surface area contributed by atoms with Gasteiger partial charge in [0.15, 0.2) is 0 Å². The highest BCUT2D eigenvalue weighted by Gasteiger charge is 2.14. The van der Waals surface area contributed by atoms with Gasteiger partial charge in [0.1, 0.15) is 5.82 Å². The molecule has 4 nitrogen and oxygen atoms in total. The summed E-state index contributed by atoms with van der Waals surface area (Å²) in [6, 6.07) is 14.0. The number of H-pyrrole nitrogens is 1. The van der Waals surface area contributed by atoms with E-state index in [0.717, 1.165) is 33.7 Å². The normalized spacial score (nSPS) is 12.3. The van der Waals surface area contributed by atoms with Gasteiger partial charge in [0, 0.05) is 5.69 Å². The molecule has 0 aliphatic rings. The van der Waals surface area contributed by atoms with Crippen LogP contribution in [0.15, 0.2) is 42.5 Å². The zero-order valence-electron chi connectivity index (χ0n) is 14.1.